The number of hydrogen-bond donors (Lipinski definition) is 2. The monoisotopic (exact) mass is 143 g/mol. The lowest BCUT2D eigenvalue weighted by atomic mass is 9.83. The van der Waals surface area contributed by atoms with Crippen molar-refractivity contribution in [3.8, 4) is 0 Å². The van der Waals surface area contributed by atoms with Gasteiger partial charge in [0, 0.05) is 6.04 Å². The second kappa shape index (κ2) is 3.35. The molecule has 0 aliphatic heterocycles. The van der Waals surface area contributed by atoms with Crippen molar-refractivity contribution in [2.75, 3.05) is 0 Å². The van der Waals surface area contributed by atoms with Crippen molar-refractivity contribution in [2.24, 2.45) is 11.7 Å². The number of nitrogens with two attached hydrogens (primary N) is 1. The topological polar surface area (TPSA) is 46.2 Å². The van der Waals surface area contributed by atoms with Crippen LogP contribution < -0.4 is 5.73 Å². The van der Waals surface area contributed by atoms with Gasteiger partial charge in [-0.1, -0.05) is 6.42 Å². The van der Waals surface area contributed by atoms with Crippen LogP contribution in [0, 0.1) is 5.92 Å². The van der Waals surface area contributed by atoms with Gasteiger partial charge in [-0.3, -0.25) is 0 Å². The predicted molar refractivity (Wildman–Crippen MR) is 41.6 cm³/mol. The fraction of sp³-hybridized carbons (Fsp3) is 1.00. The van der Waals surface area contributed by atoms with Crippen LogP contribution in [0.15, 0.2) is 0 Å². The minimum absolute atomic E-state index is 0.161. The van der Waals surface area contributed by atoms with Gasteiger partial charge in [-0.25, -0.2) is 0 Å². The molecule has 2 heteroatoms. The van der Waals surface area contributed by atoms with E-state index in [0.717, 1.165) is 19.3 Å². The maximum Gasteiger partial charge on any atom is 0.0540 e. The van der Waals surface area contributed by atoms with Gasteiger partial charge in [-0.15, -0.1) is 0 Å². The van der Waals surface area contributed by atoms with Gasteiger partial charge in [0.1, 0.15) is 0 Å². The molecule has 1 aliphatic rings. The molecule has 0 radical (unpaired) electrons. The summed E-state index contributed by atoms with van der Waals surface area (Å²) in [5.74, 6) is 0.462. The summed E-state index contributed by atoms with van der Waals surface area (Å²) in [7, 11) is 0. The highest BCUT2D eigenvalue weighted by atomic mass is 16.3. The Kier molecular flexibility index (Phi) is 2.69. The average Bonchev–Trinajstić information content (AvgIpc) is 1.88. The first-order valence-electron chi connectivity index (χ1n) is 4.14. The van der Waals surface area contributed by atoms with Crippen LogP contribution in [0.4, 0.5) is 0 Å². The van der Waals surface area contributed by atoms with Crippen LogP contribution in [-0.2, 0) is 0 Å². The van der Waals surface area contributed by atoms with Crippen LogP contribution in [0.3, 0.4) is 0 Å². The van der Waals surface area contributed by atoms with Crippen molar-refractivity contribution in [3.05, 3.63) is 0 Å². The third kappa shape index (κ3) is 1.96. The summed E-state index contributed by atoms with van der Waals surface area (Å²) in [6, 6.07) is 0.341. The predicted octanol–water partition coefficient (Wildman–Crippen LogP) is 0.885. The average molecular weight is 143 g/mol. The van der Waals surface area contributed by atoms with Crippen LogP contribution in [0.2, 0.25) is 0 Å². The summed E-state index contributed by atoms with van der Waals surface area (Å²) in [4.78, 5) is 0. The Balaban J connectivity index is 2.32. The molecule has 0 aromatic carbocycles. The Labute approximate surface area is 62.4 Å². The van der Waals surface area contributed by atoms with Crippen LogP contribution in [0.1, 0.15) is 32.6 Å². The summed E-state index contributed by atoms with van der Waals surface area (Å²) in [6.07, 6.45) is 4.34. The van der Waals surface area contributed by atoms with Crippen molar-refractivity contribution >= 4 is 0 Å². The number of rotatable bonds is 1. The molecule has 1 fully saturated rings. The van der Waals surface area contributed by atoms with Gasteiger partial charge in [0.2, 0.25) is 0 Å². The molecule has 3 N–H and O–H groups in total. The standard InChI is InChI=1S/C8H17NO/c1-6(10)7-3-2-4-8(9)5-7/h6-8,10H,2-5,9H2,1H3/t6?,7-,8+/m0/s1. The molecular formula is C8H17NO. The van der Waals surface area contributed by atoms with Crippen molar-refractivity contribution in [2.45, 2.75) is 44.8 Å². The van der Waals surface area contributed by atoms with Crippen molar-refractivity contribution in [1.82, 2.24) is 0 Å². The Morgan fingerprint density at radius 2 is 2.20 bits per heavy atom. The smallest absolute Gasteiger partial charge is 0.0540 e. The first kappa shape index (κ1) is 8.02. The highest BCUT2D eigenvalue weighted by molar-refractivity contribution is 4.77. The van der Waals surface area contributed by atoms with Gasteiger partial charge in [0.25, 0.3) is 0 Å². The molecule has 0 bridgehead atoms. The molecular weight excluding hydrogens is 126 g/mol. The molecule has 1 unspecified atom stereocenters. The minimum atomic E-state index is -0.161. The number of hydrogen-bond acceptors (Lipinski definition) is 2. The van der Waals surface area contributed by atoms with E-state index in [2.05, 4.69) is 0 Å². The SMILES string of the molecule is CC(O)[C@H]1CCC[C@@H](N)C1. The highest BCUT2D eigenvalue weighted by Crippen LogP contribution is 2.25. The van der Waals surface area contributed by atoms with E-state index in [1.165, 1.54) is 6.42 Å². The van der Waals surface area contributed by atoms with Crippen LogP contribution in [0.25, 0.3) is 0 Å². The molecule has 3 atom stereocenters. The number of aliphatic hydroxyl groups excluding tert-OH is 1. The maximum absolute atomic E-state index is 9.24. The fourth-order valence-corrected chi connectivity index (χ4v) is 1.70. The lowest BCUT2D eigenvalue weighted by Crippen LogP contribution is -2.32. The zero-order valence-electron chi connectivity index (χ0n) is 6.59. The lowest BCUT2D eigenvalue weighted by Gasteiger charge is -2.28. The molecule has 2 nitrogen and oxygen atoms in total. The summed E-state index contributed by atoms with van der Waals surface area (Å²) in [6.45, 7) is 1.86. The van der Waals surface area contributed by atoms with E-state index in [0.29, 0.717) is 12.0 Å². The quantitative estimate of drug-likeness (QED) is 0.572. The molecule has 0 saturated heterocycles. The lowest BCUT2D eigenvalue weighted by molar-refractivity contribution is 0.0954. The van der Waals surface area contributed by atoms with Gasteiger partial charge >= 0.3 is 0 Å². The third-order valence-electron chi connectivity index (χ3n) is 2.44. The molecule has 0 heterocycles. The Hall–Kier alpha value is -0.0800. The van der Waals surface area contributed by atoms with Gasteiger partial charge < -0.3 is 10.8 Å². The van der Waals surface area contributed by atoms with E-state index in [1.807, 2.05) is 6.92 Å². The van der Waals surface area contributed by atoms with Crippen LogP contribution in [0.5, 0.6) is 0 Å². The Morgan fingerprint density at radius 1 is 1.50 bits per heavy atom. The summed E-state index contributed by atoms with van der Waals surface area (Å²) < 4.78 is 0. The van der Waals surface area contributed by atoms with Crippen LogP contribution >= 0.6 is 0 Å². The van der Waals surface area contributed by atoms with Crippen molar-refractivity contribution in [1.29, 1.82) is 0 Å². The first-order chi connectivity index (χ1) is 4.70. The second-order valence-corrected chi connectivity index (χ2v) is 3.43. The Morgan fingerprint density at radius 3 is 2.60 bits per heavy atom. The maximum atomic E-state index is 9.24. The molecule has 0 aromatic heterocycles. The largest absolute Gasteiger partial charge is 0.393 e. The highest BCUT2D eigenvalue weighted by Gasteiger charge is 2.22. The van der Waals surface area contributed by atoms with Crippen molar-refractivity contribution in [3.63, 3.8) is 0 Å². The summed E-state index contributed by atoms with van der Waals surface area (Å²) in [5, 5.41) is 9.24. The molecule has 0 spiro atoms. The molecule has 10 heavy (non-hydrogen) atoms. The van der Waals surface area contributed by atoms with E-state index in [9.17, 15) is 5.11 Å². The summed E-state index contributed by atoms with van der Waals surface area (Å²) in [5.41, 5.74) is 5.75. The summed E-state index contributed by atoms with van der Waals surface area (Å²) >= 11 is 0. The van der Waals surface area contributed by atoms with Crippen LogP contribution in [-0.4, -0.2) is 17.3 Å². The second-order valence-electron chi connectivity index (χ2n) is 3.43. The molecule has 1 rings (SSSR count). The molecule has 60 valence electrons. The zero-order valence-corrected chi connectivity index (χ0v) is 6.59. The van der Waals surface area contributed by atoms with E-state index in [1.54, 1.807) is 0 Å². The van der Waals surface area contributed by atoms with E-state index in [-0.39, 0.29) is 6.10 Å². The van der Waals surface area contributed by atoms with Gasteiger partial charge in [0.05, 0.1) is 6.10 Å². The molecule has 0 aromatic rings. The third-order valence-corrected chi connectivity index (χ3v) is 2.44. The van der Waals surface area contributed by atoms with E-state index in [4.69, 9.17) is 5.73 Å². The minimum Gasteiger partial charge on any atom is -0.393 e. The molecule has 1 saturated carbocycles. The normalized spacial score (nSPS) is 37.5. The van der Waals surface area contributed by atoms with E-state index < -0.39 is 0 Å². The van der Waals surface area contributed by atoms with Gasteiger partial charge in [-0.2, -0.15) is 0 Å². The first-order valence-corrected chi connectivity index (χ1v) is 4.14. The fourth-order valence-electron chi connectivity index (χ4n) is 1.70. The van der Waals surface area contributed by atoms with E-state index >= 15 is 0 Å². The zero-order chi connectivity index (χ0) is 7.56. The molecule has 1 aliphatic carbocycles. The Bertz CT molecular complexity index is 103. The number of aliphatic hydroxyl groups is 1. The van der Waals surface area contributed by atoms with Gasteiger partial charge in [0.15, 0.2) is 0 Å². The van der Waals surface area contributed by atoms with Gasteiger partial charge in [-0.05, 0) is 32.1 Å². The van der Waals surface area contributed by atoms with Crippen molar-refractivity contribution < 1.29 is 5.11 Å². The molecule has 0 amide bonds.